The molecule has 0 saturated heterocycles. The molecule has 1 N–H and O–H groups in total. The van der Waals surface area contributed by atoms with Crippen LogP contribution in [0.4, 0.5) is 0 Å². The first-order valence-corrected chi connectivity index (χ1v) is 11.8. The number of amides is 1. The molecule has 146 valence electrons. The lowest BCUT2D eigenvalue weighted by Crippen LogP contribution is -2.31. The van der Waals surface area contributed by atoms with E-state index < -0.39 is 15.9 Å². The Morgan fingerprint density at radius 2 is 1.82 bits per heavy atom. The van der Waals surface area contributed by atoms with Crippen LogP contribution in [-0.2, 0) is 14.8 Å². The highest BCUT2D eigenvalue weighted by atomic mass is 32.2. The van der Waals surface area contributed by atoms with E-state index in [-0.39, 0.29) is 5.75 Å². The van der Waals surface area contributed by atoms with E-state index in [0.29, 0.717) is 6.42 Å². The van der Waals surface area contributed by atoms with Gasteiger partial charge in [0.1, 0.15) is 0 Å². The highest BCUT2D eigenvalue weighted by molar-refractivity contribution is 7.90. The number of carbonyl (C=O) groups is 1. The molecule has 0 saturated carbocycles. The minimum absolute atomic E-state index is 0.0271. The fraction of sp³-hybridized carbons (Fsp3) is 0.227. The molecule has 3 aromatic rings. The second kappa shape index (κ2) is 9.17. The van der Waals surface area contributed by atoms with Crippen LogP contribution < -0.4 is 4.72 Å². The maximum atomic E-state index is 12.1. The average molecular weight is 414 g/mol. The topological polar surface area (TPSA) is 63.2 Å². The second-order valence-electron chi connectivity index (χ2n) is 6.55. The molecule has 4 nitrogen and oxygen atoms in total. The van der Waals surface area contributed by atoms with Crippen molar-refractivity contribution in [1.29, 1.82) is 0 Å². The van der Waals surface area contributed by atoms with Crippen molar-refractivity contribution in [3.63, 3.8) is 0 Å². The van der Waals surface area contributed by atoms with Gasteiger partial charge in [0.25, 0.3) is 5.91 Å². The zero-order valence-electron chi connectivity index (χ0n) is 15.7. The summed E-state index contributed by atoms with van der Waals surface area (Å²) in [6.45, 7) is 2.00. The molecule has 28 heavy (non-hydrogen) atoms. The van der Waals surface area contributed by atoms with Gasteiger partial charge >= 0.3 is 0 Å². The van der Waals surface area contributed by atoms with Gasteiger partial charge in [0, 0.05) is 16.5 Å². The minimum atomic E-state index is -3.58. The summed E-state index contributed by atoms with van der Waals surface area (Å²) in [5.74, 6) is -0.644. The summed E-state index contributed by atoms with van der Waals surface area (Å²) in [5, 5.41) is 4.26. The minimum Gasteiger partial charge on any atom is -0.269 e. The van der Waals surface area contributed by atoms with Crippen molar-refractivity contribution < 1.29 is 13.2 Å². The fourth-order valence-corrected chi connectivity index (χ4v) is 4.93. The first-order chi connectivity index (χ1) is 13.5. The molecule has 2 aromatic carbocycles. The zero-order valence-corrected chi connectivity index (χ0v) is 17.4. The number of sulfonamides is 1. The Labute approximate surface area is 170 Å². The van der Waals surface area contributed by atoms with Gasteiger partial charge in [-0.05, 0) is 40.3 Å². The van der Waals surface area contributed by atoms with E-state index in [9.17, 15) is 13.2 Å². The van der Waals surface area contributed by atoms with E-state index >= 15 is 0 Å². The lowest BCUT2D eigenvalue weighted by atomic mass is 9.99. The molecule has 0 unspecified atom stereocenters. The number of fused-ring (bicyclic) bond motifs is 1. The molecular weight excluding hydrogens is 390 g/mol. The maximum Gasteiger partial charge on any atom is 0.257 e. The predicted octanol–water partition coefficient (Wildman–Crippen LogP) is 5.22. The lowest BCUT2D eigenvalue weighted by Gasteiger charge is -2.06. The van der Waals surface area contributed by atoms with Crippen molar-refractivity contribution in [3.8, 4) is 11.1 Å². The number of hydrogen-bond donors (Lipinski definition) is 1. The molecule has 0 radical (unpaired) electrons. The summed E-state index contributed by atoms with van der Waals surface area (Å²) in [6, 6.07) is 16.3. The summed E-state index contributed by atoms with van der Waals surface area (Å²) in [6.07, 6.45) is 5.28. The lowest BCUT2D eigenvalue weighted by molar-refractivity contribution is -0.114. The SMILES string of the molecule is CCCCCS(=O)(=O)NC(=O)/C=C/c1sccc1-c1cccc2ccccc12. The van der Waals surface area contributed by atoms with Crippen LogP contribution in [0.5, 0.6) is 0 Å². The van der Waals surface area contributed by atoms with E-state index in [1.807, 2.05) is 36.6 Å². The predicted molar refractivity (Wildman–Crippen MR) is 118 cm³/mol. The number of carbonyl (C=O) groups excluding carboxylic acids is 1. The number of unbranched alkanes of at least 4 members (excludes halogenated alkanes) is 2. The average Bonchev–Trinajstić information content (AvgIpc) is 3.14. The van der Waals surface area contributed by atoms with Gasteiger partial charge in [-0.25, -0.2) is 13.1 Å². The Kier molecular flexibility index (Phi) is 6.65. The second-order valence-corrected chi connectivity index (χ2v) is 9.34. The molecule has 6 heteroatoms. The number of thiophene rings is 1. The van der Waals surface area contributed by atoms with Crippen molar-refractivity contribution >= 4 is 44.1 Å². The van der Waals surface area contributed by atoms with Gasteiger partial charge in [-0.3, -0.25) is 4.79 Å². The van der Waals surface area contributed by atoms with E-state index in [0.717, 1.165) is 39.6 Å². The van der Waals surface area contributed by atoms with Crippen molar-refractivity contribution in [1.82, 2.24) is 4.72 Å². The van der Waals surface area contributed by atoms with Crippen LogP contribution in [0.2, 0.25) is 0 Å². The van der Waals surface area contributed by atoms with Gasteiger partial charge in [0.15, 0.2) is 0 Å². The molecule has 0 aliphatic rings. The summed E-state index contributed by atoms with van der Waals surface area (Å²) in [7, 11) is -3.58. The number of benzene rings is 2. The Morgan fingerprint density at radius 1 is 1.04 bits per heavy atom. The highest BCUT2D eigenvalue weighted by Crippen LogP contribution is 2.34. The Morgan fingerprint density at radius 3 is 2.64 bits per heavy atom. The largest absolute Gasteiger partial charge is 0.269 e. The van der Waals surface area contributed by atoms with Crippen LogP contribution in [0.15, 0.2) is 60.0 Å². The Hall–Kier alpha value is -2.44. The number of hydrogen-bond acceptors (Lipinski definition) is 4. The molecule has 0 aliphatic carbocycles. The summed E-state index contributed by atoms with van der Waals surface area (Å²) < 4.78 is 26.0. The molecule has 1 heterocycles. The normalized spacial score (nSPS) is 11.9. The Balaban J connectivity index is 1.78. The van der Waals surface area contributed by atoms with Crippen LogP contribution in [0.25, 0.3) is 28.0 Å². The fourth-order valence-electron chi connectivity index (χ4n) is 3.06. The van der Waals surface area contributed by atoms with E-state index in [4.69, 9.17) is 0 Å². The van der Waals surface area contributed by atoms with Crippen LogP contribution in [0.1, 0.15) is 31.1 Å². The molecule has 1 aromatic heterocycles. The van der Waals surface area contributed by atoms with Gasteiger partial charge in [-0.15, -0.1) is 11.3 Å². The number of nitrogens with one attached hydrogen (secondary N) is 1. The van der Waals surface area contributed by atoms with Crippen LogP contribution in [0.3, 0.4) is 0 Å². The molecule has 0 spiro atoms. The molecule has 1 amide bonds. The van der Waals surface area contributed by atoms with Gasteiger partial charge in [0.05, 0.1) is 5.75 Å². The molecule has 0 atom stereocenters. The van der Waals surface area contributed by atoms with Crippen molar-refractivity contribution in [2.45, 2.75) is 26.2 Å². The molecule has 0 bridgehead atoms. The van der Waals surface area contributed by atoms with E-state index in [1.54, 1.807) is 6.08 Å². The summed E-state index contributed by atoms with van der Waals surface area (Å²) in [4.78, 5) is 13.0. The quantitative estimate of drug-likeness (QED) is 0.407. The maximum absolute atomic E-state index is 12.1. The van der Waals surface area contributed by atoms with Gasteiger partial charge in [-0.2, -0.15) is 0 Å². The van der Waals surface area contributed by atoms with Crippen molar-refractivity contribution in [3.05, 3.63) is 64.9 Å². The van der Waals surface area contributed by atoms with Crippen molar-refractivity contribution in [2.24, 2.45) is 0 Å². The first kappa shape index (κ1) is 20.3. The van der Waals surface area contributed by atoms with Gasteiger partial charge in [0.2, 0.25) is 10.0 Å². The third-order valence-electron chi connectivity index (χ3n) is 4.43. The summed E-state index contributed by atoms with van der Waals surface area (Å²) in [5.41, 5.74) is 2.11. The van der Waals surface area contributed by atoms with Crippen molar-refractivity contribution in [2.75, 3.05) is 5.75 Å². The van der Waals surface area contributed by atoms with Crippen LogP contribution in [0, 0.1) is 0 Å². The molecular formula is C22H23NO3S2. The smallest absolute Gasteiger partial charge is 0.257 e. The number of rotatable bonds is 8. The van der Waals surface area contributed by atoms with Gasteiger partial charge < -0.3 is 0 Å². The molecule has 0 aliphatic heterocycles. The van der Waals surface area contributed by atoms with E-state index in [1.165, 1.54) is 17.4 Å². The summed E-state index contributed by atoms with van der Waals surface area (Å²) >= 11 is 1.51. The Bertz CT molecular complexity index is 1090. The van der Waals surface area contributed by atoms with Gasteiger partial charge in [-0.1, -0.05) is 62.2 Å². The third kappa shape index (κ3) is 5.09. The third-order valence-corrected chi connectivity index (χ3v) is 6.65. The monoisotopic (exact) mass is 413 g/mol. The zero-order chi connectivity index (χ0) is 20.0. The highest BCUT2D eigenvalue weighted by Gasteiger charge is 2.13. The first-order valence-electron chi connectivity index (χ1n) is 9.28. The van der Waals surface area contributed by atoms with E-state index in [2.05, 4.69) is 29.0 Å². The molecule has 0 fully saturated rings. The standard InChI is InChI=1S/C22H23NO3S2/c1-2-3-6-16-28(25,26)23-22(24)13-12-21-20(14-15-27-21)19-11-7-9-17-8-4-5-10-18(17)19/h4-5,7-15H,2-3,6,16H2,1H3,(H,23,24)/b13-12+. The molecule has 3 rings (SSSR count). The van der Waals surface area contributed by atoms with Crippen LogP contribution in [-0.4, -0.2) is 20.1 Å². The van der Waals surface area contributed by atoms with Crippen LogP contribution >= 0.6 is 11.3 Å².